The Morgan fingerprint density at radius 3 is 2.79 bits per heavy atom. The van der Waals surface area contributed by atoms with Crippen LogP contribution in [0.4, 0.5) is 4.39 Å². The van der Waals surface area contributed by atoms with Gasteiger partial charge in [-0.2, -0.15) is 0 Å². The summed E-state index contributed by atoms with van der Waals surface area (Å²) < 4.78 is 13.2. The molecule has 0 aliphatic heterocycles. The number of amidine groups is 1. The first-order valence-electron chi connectivity index (χ1n) is 4.03. The van der Waals surface area contributed by atoms with Gasteiger partial charge in [0.1, 0.15) is 5.82 Å². The Labute approximate surface area is 85.8 Å². The third-order valence-electron chi connectivity index (χ3n) is 1.67. The zero-order chi connectivity index (χ0) is 10.6. The second-order valence-corrected chi connectivity index (χ2v) is 4.10. The molecule has 1 rings (SSSR count). The van der Waals surface area contributed by atoms with Crippen LogP contribution in [0.15, 0.2) is 34.3 Å². The van der Waals surface area contributed by atoms with Crippen molar-refractivity contribution < 1.29 is 9.60 Å². The third-order valence-corrected chi connectivity index (χ3v) is 2.85. The lowest BCUT2D eigenvalue weighted by Crippen LogP contribution is -2.23. The van der Waals surface area contributed by atoms with Gasteiger partial charge in [0.15, 0.2) is 5.84 Å². The van der Waals surface area contributed by atoms with Crippen LogP contribution in [-0.2, 0) is 0 Å². The van der Waals surface area contributed by atoms with Crippen LogP contribution in [0.25, 0.3) is 0 Å². The first-order valence-corrected chi connectivity index (χ1v) is 4.91. The minimum absolute atomic E-state index is 0.0817. The highest BCUT2D eigenvalue weighted by atomic mass is 32.2. The Morgan fingerprint density at radius 1 is 1.57 bits per heavy atom. The van der Waals surface area contributed by atoms with Crippen molar-refractivity contribution in [1.82, 2.24) is 0 Å². The Balaban J connectivity index is 2.74. The van der Waals surface area contributed by atoms with Crippen LogP contribution in [0, 0.1) is 5.82 Å². The normalized spacial score (nSPS) is 14.0. The molecule has 0 aliphatic carbocycles. The largest absolute Gasteiger partial charge is 0.409 e. The smallest absolute Gasteiger partial charge is 0.152 e. The van der Waals surface area contributed by atoms with Crippen molar-refractivity contribution in [2.75, 3.05) is 0 Å². The van der Waals surface area contributed by atoms with Crippen molar-refractivity contribution in [3.8, 4) is 0 Å². The summed E-state index contributed by atoms with van der Waals surface area (Å²) in [7, 11) is 0. The molecular weight excluding hydrogens is 203 g/mol. The summed E-state index contributed by atoms with van der Waals surface area (Å²) in [5.41, 5.74) is 5.37. The standard InChI is InChI=1S/C9H11FN2OS/c1-6(9(11)12-13)14-8-5-3-2-4-7(8)10/h2-6,13H,1H3,(H2,11,12). The fourth-order valence-corrected chi connectivity index (χ4v) is 1.76. The van der Waals surface area contributed by atoms with Crippen molar-refractivity contribution >= 4 is 17.6 Å². The van der Waals surface area contributed by atoms with E-state index in [1.807, 2.05) is 0 Å². The van der Waals surface area contributed by atoms with Crippen LogP contribution >= 0.6 is 11.8 Å². The fraction of sp³-hybridized carbons (Fsp3) is 0.222. The van der Waals surface area contributed by atoms with Crippen molar-refractivity contribution in [1.29, 1.82) is 0 Å². The number of hydrogen-bond donors (Lipinski definition) is 2. The van der Waals surface area contributed by atoms with E-state index in [-0.39, 0.29) is 16.9 Å². The van der Waals surface area contributed by atoms with Gasteiger partial charge in [0.25, 0.3) is 0 Å². The summed E-state index contributed by atoms with van der Waals surface area (Å²) >= 11 is 1.21. The van der Waals surface area contributed by atoms with E-state index in [4.69, 9.17) is 10.9 Å². The van der Waals surface area contributed by atoms with Gasteiger partial charge in [-0.25, -0.2) is 4.39 Å². The highest BCUT2D eigenvalue weighted by molar-refractivity contribution is 8.00. The van der Waals surface area contributed by atoms with Gasteiger partial charge >= 0.3 is 0 Å². The number of halogens is 1. The summed E-state index contributed by atoms with van der Waals surface area (Å²) in [6.45, 7) is 1.74. The van der Waals surface area contributed by atoms with Crippen LogP contribution in [-0.4, -0.2) is 16.3 Å². The Bertz CT molecular complexity index is 343. The van der Waals surface area contributed by atoms with E-state index in [2.05, 4.69) is 5.16 Å². The zero-order valence-corrected chi connectivity index (χ0v) is 8.46. The second-order valence-electron chi connectivity index (χ2n) is 2.72. The van der Waals surface area contributed by atoms with Gasteiger partial charge in [-0.1, -0.05) is 17.3 Å². The highest BCUT2D eigenvalue weighted by Crippen LogP contribution is 2.25. The molecule has 0 bridgehead atoms. The van der Waals surface area contributed by atoms with Crippen LogP contribution in [0.2, 0.25) is 0 Å². The first kappa shape index (κ1) is 10.8. The summed E-state index contributed by atoms with van der Waals surface area (Å²) in [4.78, 5) is 0.492. The minimum Gasteiger partial charge on any atom is -0.409 e. The summed E-state index contributed by atoms with van der Waals surface area (Å²) in [6, 6.07) is 6.39. The molecule has 0 aromatic heterocycles. The van der Waals surface area contributed by atoms with Gasteiger partial charge in [-0.15, -0.1) is 11.8 Å². The van der Waals surface area contributed by atoms with Crippen molar-refractivity contribution in [3.63, 3.8) is 0 Å². The summed E-state index contributed by atoms with van der Waals surface area (Å²) in [5.74, 6) is -0.214. The molecule has 0 fully saturated rings. The van der Waals surface area contributed by atoms with E-state index in [1.165, 1.54) is 17.8 Å². The highest BCUT2D eigenvalue weighted by Gasteiger charge is 2.11. The molecule has 0 heterocycles. The first-order chi connectivity index (χ1) is 6.65. The van der Waals surface area contributed by atoms with E-state index in [9.17, 15) is 4.39 Å². The molecule has 3 nitrogen and oxygen atoms in total. The van der Waals surface area contributed by atoms with Crippen LogP contribution in [0.3, 0.4) is 0 Å². The van der Waals surface area contributed by atoms with Crippen LogP contribution in [0.1, 0.15) is 6.92 Å². The second kappa shape index (κ2) is 4.85. The maximum Gasteiger partial charge on any atom is 0.152 e. The maximum atomic E-state index is 13.2. The van der Waals surface area contributed by atoms with E-state index in [0.717, 1.165) is 0 Å². The molecule has 1 aromatic carbocycles. The van der Waals surface area contributed by atoms with Crippen molar-refractivity contribution in [2.45, 2.75) is 17.1 Å². The molecule has 14 heavy (non-hydrogen) atoms. The van der Waals surface area contributed by atoms with Gasteiger partial charge in [-0.3, -0.25) is 0 Å². The molecule has 1 aromatic rings. The molecule has 1 atom stereocenters. The average molecular weight is 214 g/mol. The zero-order valence-electron chi connectivity index (χ0n) is 7.64. The average Bonchev–Trinajstić information content (AvgIpc) is 2.20. The molecule has 3 N–H and O–H groups in total. The molecule has 0 saturated carbocycles. The monoisotopic (exact) mass is 214 g/mol. The number of thioether (sulfide) groups is 1. The Kier molecular flexibility index (Phi) is 3.76. The number of nitrogens with zero attached hydrogens (tertiary/aromatic N) is 1. The van der Waals surface area contributed by atoms with Gasteiger partial charge < -0.3 is 10.9 Å². The number of nitrogens with two attached hydrogens (primary N) is 1. The predicted molar refractivity (Wildman–Crippen MR) is 55.1 cm³/mol. The van der Waals surface area contributed by atoms with Gasteiger partial charge in [0.2, 0.25) is 0 Å². The molecule has 0 radical (unpaired) electrons. The topological polar surface area (TPSA) is 58.6 Å². The summed E-state index contributed by atoms with van der Waals surface area (Å²) in [5, 5.41) is 11.0. The third kappa shape index (κ3) is 2.63. The molecule has 0 spiro atoms. The number of hydrogen-bond acceptors (Lipinski definition) is 3. The Morgan fingerprint density at radius 2 is 2.21 bits per heavy atom. The Hall–Kier alpha value is -1.23. The molecule has 0 aliphatic rings. The van der Waals surface area contributed by atoms with E-state index < -0.39 is 0 Å². The van der Waals surface area contributed by atoms with E-state index in [1.54, 1.807) is 25.1 Å². The lowest BCUT2D eigenvalue weighted by atomic mass is 10.3. The van der Waals surface area contributed by atoms with Crippen molar-refractivity contribution in [3.05, 3.63) is 30.1 Å². The number of oxime groups is 1. The maximum absolute atomic E-state index is 13.2. The SMILES string of the molecule is CC(Sc1ccccc1F)C(N)=NO. The van der Waals surface area contributed by atoms with Crippen LogP contribution in [0.5, 0.6) is 0 Å². The van der Waals surface area contributed by atoms with Gasteiger partial charge in [0.05, 0.1) is 5.25 Å². The van der Waals surface area contributed by atoms with Gasteiger partial charge in [0, 0.05) is 4.90 Å². The molecule has 1 unspecified atom stereocenters. The summed E-state index contributed by atoms with van der Waals surface area (Å²) in [6.07, 6.45) is 0. The van der Waals surface area contributed by atoms with E-state index in [0.29, 0.717) is 4.90 Å². The number of benzene rings is 1. The number of rotatable bonds is 3. The van der Waals surface area contributed by atoms with Crippen molar-refractivity contribution in [2.24, 2.45) is 10.9 Å². The quantitative estimate of drug-likeness (QED) is 0.266. The molecular formula is C9H11FN2OS. The fourth-order valence-electron chi connectivity index (χ4n) is 0.872. The lowest BCUT2D eigenvalue weighted by Gasteiger charge is -2.09. The van der Waals surface area contributed by atoms with E-state index >= 15 is 0 Å². The lowest BCUT2D eigenvalue weighted by molar-refractivity contribution is 0.317. The molecule has 5 heteroatoms. The minimum atomic E-state index is -0.296. The predicted octanol–water partition coefficient (Wildman–Crippen LogP) is 2.05. The molecule has 0 amide bonds. The molecule has 0 saturated heterocycles. The van der Waals surface area contributed by atoms with Crippen LogP contribution < -0.4 is 5.73 Å². The molecule has 76 valence electrons. The van der Waals surface area contributed by atoms with Gasteiger partial charge in [-0.05, 0) is 19.1 Å².